The summed E-state index contributed by atoms with van der Waals surface area (Å²) in [6.45, 7) is 6.99. The summed E-state index contributed by atoms with van der Waals surface area (Å²) < 4.78 is 0.418. The molecule has 3 rings (SSSR count). The fraction of sp³-hybridized carbons (Fsp3) is 0.294. The number of thiocarbonyl (C=S) groups is 1. The van der Waals surface area contributed by atoms with Gasteiger partial charge in [-0.3, -0.25) is 19.3 Å². The van der Waals surface area contributed by atoms with E-state index in [9.17, 15) is 14.4 Å². The van der Waals surface area contributed by atoms with Gasteiger partial charge in [-0.2, -0.15) is 0 Å². The number of imide groups is 1. The lowest BCUT2D eigenvalue weighted by Crippen LogP contribution is -2.44. The van der Waals surface area contributed by atoms with Crippen LogP contribution in [0.5, 0.6) is 0 Å². The molecule has 3 amide bonds. The molecule has 0 saturated carbocycles. The predicted octanol–water partition coefficient (Wildman–Crippen LogP) is 2.95. The van der Waals surface area contributed by atoms with Crippen molar-refractivity contribution < 1.29 is 14.4 Å². The van der Waals surface area contributed by atoms with Crippen molar-refractivity contribution in [3.63, 3.8) is 0 Å². The van der Waals surface area contributed by atoms with Crippen molar-refractivity contribution in [2.75, 3.05) is 4.90 Å². The monoisotopic (exact) mass is 360 g/mol. The second-order valence-corrected chi connectivity index (χ2v) is 8.20. The quantitative estimate of drug-likeness (QED) is 0.526. The summed E-state index contributed by atoms with van der Waals surface area (Å²) in [4.78, 5) is 40.5. The summed E-state index contributed by atoms with van der Waals surface area (Å²) in [7, 11) is 0. The molecule has 0 aliphatic carbocycles. The van der Waals surface area contributed by atoms with Crippen LogP contribution in [0.1, 0.15) is 33.3 Å². The molecule has 0 spiro atoms. The highest BCUT2D eigenvalue weighted by molar-refractivity contribution is 8.26. The van der Waals surface area contributed by atoms with Crippen LogP contribution in [-0.4, -0.2) is 32.5 Å². The largest absolute Gasteiger partial charge is 0.287 e. The number of rotatable bonds is 0. The zero-order valence-corrected chi connectivity index (χ0v) is 15.4. The van der Waals surface area contributed by atoms with Crippen LogP contribution in [-0.2, 0) is 14.4 Å². The highest BCUT2D eigenvalue weighted by Gasteiger charge is 2.45. The number of benzene rings is 1. The van der Waals surface area contributed by atoms with Crippen LogP contribution in [0.2, 0.25) is 0 Å². The zero-order valence-electron chi connectivity index (χ0n) is 13.7. The van der Waals surface area contributed by atoms with E-state index in [-0.39, 0.29) is 22.3 Å². The second-order valence-electron chi connectivity index (χ2n) is 6.56. The van der Waals surface area contributed by atoms with Gasteiger partial charge in [0.2, 0.25) is 5.91 Å². The first-order valence-electron chi connectivity index (χ1n) is 7.39. The van der Waals surface area contributed by atoms with E-state index in [1.54, 1.807) is 24.3 Å². The van der Waals surface area contributed by atoms with Crippen LogP contribution in [0.3, 0.4) is 0 Å². The summed E-state index contributed by atoms with van der Waals surface area (Å²) in [6.07, 6.45) is 0. The van der Waals surface area contributed by atoms with E-state index >= 15 is 0 Å². The molecular weight excluding hydrogens is 344 g/mol. The molecule has 1 aromatic rings. The van der Waals surface area contributed by atoms with Crippen molar-refractivity contribution in [1.29, 1.82) is 0 Å². The minimum atomic E-state index is -0.481. The van der Waals surface area contributed by atoms with Crippen LogP contribution in [0.15, 0.2) is 29.2 Å². The van der Waals surface area contributed by atoms with Gasteiger partial charge in [-0.05, 0) is 26.8 Å². The number of hydrogen-bond acceptors (Lipinski definition) is 5. The van der Waals surface area contributed by atoms with Crippen LogP contribution < -0.4 is 4.90 Å². The Hall–Kier alpha value is -1.99. The highest BCUT2D eigenvalue weighted by Crippen LogP contribution is 2.45. The fourth-order valence-electron chi connectivity index (χ4n) is 2.85. The maximum Gasteiger partial charge on any atom is 0.267 e. The Kier molecular flexibility index (Phi) is 3.88. The lowest BCUT2D eigenvalue weighted by atomic mass is 10.0. The van der Waals surface area contributed by atoms with E-state index in [0.29, 0.717) is 15.6 Å². The molecule has 1 aromatic carbocycles. The van der Waals surface area contributed by atoms with E-state index in [4.69, 9.17) is 12.2 Å². The van der Waals surface area contributed by atoms with Crippen molar-refractivity contribution in [2.45, 2.75) is 33.2 Å². The Morgan fingerprint density at radius 1 is 1.12 bits per heavy atom. The third kappa shape index (κ3) is 2.39. The number of hydrogen-bond donors (Lipinski definition) is 0. The van der Waals surface area contributed by atoms with Gasteiger partial charge in [-0.25, -0.2) is 4.90 Å². The maximum absolute atomic E-state index is 12.9. The van der Waals surface area contributed by atoms with Crippen LogP contribution in [0.25, 0.3) is 5.57 Å². The predicted molar refractivity (Wildman–Crippen MR) is 98.3 cm³/mol. The first-order valence-corrected chi connectivity index (χ1v) is 8.62. The van der Waals surface area contributed by atoms with Crippen LogP contribution in [0.4, 0.5) is 5.69 Å². The molecule has 7 heteroatoms. The minimum Gasteiger partial charge on any atom is -0.287 e. The third-order valence-electron chi connectivity index (χ3n) is 3.81. The zero-order chi connectivity index (χ0) is 17.8. The van der Waals surface area contributed by atoms with Gasteiger partial charge in [0.1, 0.15) is 4.32 Å². The van der Waals surface area contributed by atoms with Crippen molar-refractivity contribution in [3.8, 4) is 0 Å². The second kappa shape index (κ2) is 5.53. The number of carbonyl (C=O) groups is 3. The number of thioether (sulfide) groups is 1. The molecule has 24 heavy (non-hydrogen) atoms. The molecule has 0 aromatic heterocycles. The molecule has 2 heterocycles. The van der Waals surface area contributed by atoms with Gasteiger partial charge in [0, 0.05) is 18.0 Å². The SMILES string of the molecule is CC(=O)N1C(=O)/C(=C2\SC(=S)N(C(C)(C)C)C2=O)c2ccccc21. The molecular formula is C17H16N2O3S2. The third-order valence-corrected chi connectivity index (χ3v) is 5.19. The van der Waals surface area contributed by atoms with Gasteiger partial charge >= 0.3 is 0 Å². The van der Waals surface area contributed by atoms with E-state index < -0.39 is 11.4 Å². The molecule has 2 aliphatic rings. The van der Waals surface area contributed by atoms with Gasteiger partial charge in [0.25, 0.3) is 11.8 Å². The first-order chi connectivity index (χ1) is 11.1. The van der Waals surface area contributed by atoms with Crippen LogP contribution >= 0.6 is 24.0 Å². The fourth-order valence-corrected chi connectivity index (χ4v) is 4.55. The standard InChI is InChI=1S/C17H16N2O3S2/c1-9(20)18-11-8-6-5-7-10(11)12(14(18)21)13-15(22)19(16(23)24-13)17(2,3)4/h5-8H,1-4H3/b13-12-. The molecule has 2 aliphatic heterocycles. The smallest absolute Gasteiger partial charge is 0.267 e. The van der Waals surface area contributed by atoms with Gasteiger partial charge in [0.05, 0.1) is 16.2 Å². The minimum absolute atomic E-state index is 0.255. The molecule has 1 fully saturated rings. The molecule has 0 unspecified atom stereocenters. The Balaban J connectivity index is 2.21. The maximum atomic E-state index is 12.9. The molecule has 0 bridgehead atoms. The molecule has 124 valence electrons. The number of carbonyl (C=O) groups excluding carboxylic acids is 3. The number of nitrogens with zero attached hydrogens (tertiary/aromatic N) is 2. The van der Waals surface area contributed by atoms with E-state index in [0.717, 1.165) is 16.7 Å². The molecule has 1 saturated heterocycles. The number of fused-ring (bicyclic) bond motifs is 1. The molecule has 0 atom stereocenters. The topological polar surface area (TPSA) is 57.7 Å². The average molecular weight is 360 g/mol. The Labute approximate surface area is 149 Å². The summed E-state index contributed by atoms with van der Waals surface area (Å²) >= 11 is 6.45. The highest BCUT2D eigenvalue weighted by atomic mass is 32.2. The summed E-state index contributed by atoms with van der Waals surface area (Å²) in [6, 6.07) is 6.98. The lowest BCUT2D eigenvalue weighted by Gasteiger charge is -2.30. The molecule has 5 nitrogen and oxygen atoms in total. The summed E-state index contributed by atoms with van der Waals surface area (Å²) in [5.41, 5.74) is 0.869. The summed E-state index contributed by atoms with van der Waals surface area (Å²) in [5, 5.41) is 0. The van der Waals surface area contributed by atoms with Gasteiger partial charge < -0.3 is 0 Å². The average Bonchev–Trinajstić information content (AvgIpc) is 2.91. The van der Waals surface area contributed by atoms with Crippen molar-refractivity contribution in [2.24, 2.45) is 0 Å². The van der Waals surface area contributed by atoms with Crippen molar-refractivity contribution >= 4 is 57.3 Å². The van der Waals surface area contributed by atoms with Gasteiger partial charge in [-0.15, -0.1) is 0 Å². The Morgan fingerprint density at radius 3 is 2.29 bits per heavy atom. The van der Waals surface area contributed by atoms with E-state index in [2.05, 4.69) is 0 Å². The first kappa shape index (κ1) is 16.9. The van der Waals surface area contributed by atoms with E-state index in [1.165, 1.54) is 11.8 Å². The van der Waals surface area contributed by atoms with Crippen molar-refractivity contribution in [1.82, 2.24) is 4.90 Å². The number of amides is 3. The number of para-hydroxylation sites is 1. The Bertz CT molecular complexity index is 836. The number of anilines is 1. The molecule has 0 radical (unpaired) electrons. The van der Waals surface area contributed by atoms with E-state index in [1.807, 2.05) is 20.8 Å². The van der Waals surface area contributed by atoms with Crippen molar-refractivity contribution in [3.05, 3.63) is 34.7 Å². The lowest BCUT2D eigenvalue weighted by molar-refractivity contribution is -0.126. The van der Waals surface area contributed by atoms with Crippen LogP contribution in [0, 0.1) is 0 Å². The normalized spacial score (nSPS) is 20.9. The Morgan fingerprint density at radius 2 is 1.75 bits per heavy atom. The van der Waals surface area contributed by atoms with Gasteiger partial charge in [-0.1, -0.05) is 42.2 Å². The summed E-state index contributed by atoms with van der Waals surface area (Å²) in [5.74, 6) is -1.15. The molecule has 0 N–H and O–H groups in total. The van der Waals surface area contributed by atoms with Gasteiger partial charge in [0.15, 0.2) is 0 Å².